The molecule has 0 saturated heterocycles. The summed E-state index contributed by atoms with van der Waals surface area (Å²) >= 11 is 0. The van der Waals surface area contributed by atoms with Gasteiger partial charge in [-0.2, -0.15) is 0 Å². The van der Waals surface area contributed by atoms with E-state index in [0.29, 0.717) is 18.5 Å². The second-order valence-electron chi connectivity index (χ2n) is 6.22. The SMILES string of the molecule is Cc1cc(F)ccc1S(=O)(=O)NCCCc1ccc(OC(C)C)cc1. The predicted octanol–water partition coefficient (Wildman–Crippen LogP) is 3.83. The zero-order valence-corrected chi connectivity index (χ0v) is 15.6. The molecule has 4 nitrogen and oxygen atoms in total. The first-order chi connectivity index (χ1) is 11.8. The van der Waals surface area contributed by atoms with Gasteiger partial charge >= 0.3 is 0 Å². The van der Waals surface area contributed by atoms with Crippen LogP contribution < -0.4 is 9.46 Å². The average Bonchev–Trinajstić information content (AvgIpc) is 2.52. The third-order valence-corrected chi connectivity index (χ3v) is 5.28. The first kappa shape index (κ1) is 19.4. The van der Waals surface area contributed by atoms with Gasteiger partial charge < -0.3 is 4.74 Å². The van der Waals surface area contributed by atoms with Crippen LogP contribution in [0.25, 0.3) is 0 Å². The van der Waals surface area contributed by atoms with Crippen molar-refractivity contribution in [2.45, 2.75) is 44.6 Å². The molecule has 136 valence electrons. The van der Waals surface area contributed by atoms with Gasteiger partial charge in [0.2, 0.25) is 10.0 Å². The van der Waals surface area contributed by atoms with Gasteiger partial charge in [0.15, 0.2) is 0 Å². The maximum absolute atomic E-state index is 13.1. The monoisotopic (exact) mass is 365 g/mol. The number of aryl methyl sites for hydroxylation is 2. The molecule has 0 fully saturated rings. The number of rotatable bonds is 8. The van der Waals surface area contributed by atoms with E-state index in [2.05, 4.69) is 4.72 Å². The van der Waals surface area contributed by atoms with Crippen LogP contribution in [0.5, 0.6) is 5.75 Å². The van der Waals surface area contributed by atoms with E-state index in [1.165, 1.54) is 12.1 Å². The van der Waals surface area contributed by atoms with Gasteiger partial charge in [-0.1, -0.05) is 12.1 Å². The first-order valence-corrected chi connectivity index (χ1v) is 9.77. The molecule has 25 heavy (non-hydrogen) atoms. The first-order valence-electron chi connectivity index (χ1n) is 8.29. The predicted molar refractivity (Wildman–Crippen MR) is 96.9 cm³/mol. The molecule has 0 aliphatic carbocycles. The number of halogens is 1. The van der Waals surface area contributed by atoms with Crippen molar-refractivity contribution >= 4 is 10.0 Å². The highest BCUT2D eigenvalue weighted by molar-refractivity contribution is 7.89. The van der Waals surface area contributed by atoms with Crippen LogP contribution in [0.3, 0.4) is 0 Å². The molecule has 0 atom stereocenters. The fourth-order valence-corrected chi connectivity index (χ4v) is 3.80. The molecule has 2 aromatic rings. The number of nitrogens with one attached hydrogen (secondary N) is 1. The standard InChI is InChI=1S/C19H24FNO3S/c1-14(2)24-18-9-6-16(7-10-18)5-4-12-21-25(22,23)19-11-8-17(20)13-15(19)3/h6-11,13-14,21H,4-5,12H2,1-3H3. The van der Waals surface area contributed by atoms with Crippen LogP contribution in [-0.4, -0.2) is 21.1 Å². The summed E-state index contributed by atoms with van der Waals surface area (Å²) in [6.07, 6.45) is 1.56. The summed E-state index contributed by atoms with van der Waals surface area (Å²) < 4.78 is 45.8. The Morgan fingerprint density at radius 3 is 2.40 bits per heavy atom. The lowest BCUT2D eigenvalue weighted by atomic mass is 10.1. The van der Waals surface area contributed by atoms with Crippen LogP contribution in [-0.2, 0) is 16.4 Å². The average molecular weight is 365 g/mol. The highest BCUT2D eigenvalue weighted by Crippen LogP contribution is 2.17. The zero-order chi connectivity index (χ0) is 18.4. The highest BCUT2D eigenvalue weighted by atomic mass is 32.2. The summed E-state index contributed by atoms with van der Waals surface area (Å²) in [5, 5.41) is 0. The Kier molecular flexibility index (Phi) is 6.56. The lowest BCUT2D eigenvalue weighted by Gasteiger charge is -2.11. The van der Waals surface area contributed by atoms with Crippen molar-refractivity contribution in [3.05, 3.63) is 59.4 Å². The topological polar surface area (TPSA) is 55.4 Å². The Morgan fingerprint density at radius 1 is 1.12 bits per heavy atom. The minimum atomic E-state index is -3.62. The molecule has 0 aliphatic rings. The summed E-state index contributed by atoms with van der Waals surface area (Å²) in [7, 11) is -3.62. The Balaban J connectivity index is 1.86. The van der Waals surface area contributed by atoms with Crippen molar-refractivity contribution in [2.24, 2.45) is 0 Å². The van der Waals surface area contributed by atoms with E-state index in [1.807, 2.05) is 38.1 Å². The Labute approximate surface area is 149 Å². The molecule has 0 aliphatic heterocycles. The lowest BCUT2D eigenvalue weighted by molar-refractivity contribution is 0.242. The number of hydrogen-bond acceptors (Lipinski definition) is 3. The fraction of sp³-hybridized carbons (Fsp3) is 0.368. The molecule has 0 heterocycles. The largest absolute Gasteiger partial charge is 0.491 e. The maximum Gasteiger partial charge on any atom is 0.240 e. The van der Waals surface area contributed by atoms with Crippen molar-refractivity contribution in [3.8, 4) is 5.75 Å². The molecule has 2 aromatic carbocycles. The molecule has 1 N–H and O–H groups in total. The number of ether oxygens (including phenoxy) is 1. The van der Waals surface area contributed by atoms with Crippen molar-refractivity contribution in [2.75, 3.05) is 6.54 Å². The second-order valence-corrected chi connectivity index (χ2v) is 7.96. The van der Waals surface area contributed by atoms with Gasteiger partial charge in [-0.25, -0.2) is 17.5 Å². The number of sulfonamides is 1. The fourth-order valence-electron chi connectivity index (χ4n) is 2.50. The quantitative estimate of drug-likeness (QED) is 0.723. The molecule has 2 rings (SSSR count). The van der Waals surface area contributed by atoms with E-state index < -0.39 is 15.8 Å². The zero-order valence-electron chi connectivity index (χ0n) is 14.8. The normalized spacial score (nSPS) is 11.7. The molecular formula is C19H24FNO3S. The van der Waals surface area contributed by atoms with Crippen LogP contribution in [0.15, 0.2) is 47.4 Å². The molecule has 0 aromatic heterocycles. The van der Waals surface area contributed by atoms with Gasteiger partial charge in [0.25, 0.3) is 0 Å². The van der Waals surface area contributed by atoms with E-state index in [1.54, 1.807) is 6.92 Å². The summed E-state index contributed by atoms with van der Waals surface area (Å²) in [5.74, 6) is 0.382. The molecule has 0 bridgehead atoms. The Hall–Kier alpha value is -1.92. The Morgan fingerprint density at radius 2 is 1.80 bits per heavy atom. The van der Waals surface area contributed by atoms with Crippen molar-refractivity contribution in [3.63, 3.8) is 0 Å². The minimum absolute atomic E-state index is 0.115. The van der Waals surface area contributed by atoms with Crippen LogP contribution in [0.4, 0.5) is 4.39 Å². The van der Waals surface area contributed by atoms with Crippen LogP contribution in [0.2, 0.25) is 0 Å². The maximum atomic E-state index is 13.1. The molecule has 0 amide bonds. The molecule has 0 saturated carbocycles. The van der Waals surface area contributed by atoms with E-state index >= 15 is 0 Å². The van der Waals surface area contributed by atoms with Crippen molar-refractivity contribution in [1.82, 2.24) is 4.72 Å². The van der Waals surface area contributed by atoms with Crippen molar-refractivity contribution in [1.29, 1.82) is 0 Å². The van der Waals surface area contributed by atoms with E-state index in [9.17, 15) is 12.8 Å². The van der Waals surface area contributed by atoms with Gasteiger partial charge in [0.05, 0.1) is 11.0 Å². The summed E-state index contributed by atoms with van der Waals surface area (Å²) in [6.45, 7) is 5.85. The summed E-state index contributed by atoms with van der Waals surface area (Å²) in [4.78, 5) is 0.115. The van der Waals surface area contributed by atoms with E-state index in [0.717, 1.165) is 23.8 Å². The van der Waals surface area contributed by atoms with Gasteiger partial charge in [0, 0.05) is 6.54 Å². The number of hydrogen-bond donors (Lipinski definition) is 1. The smallest absolute Gasteiger partial charge is 0.240 e. The number of benzene rings is 2. The lowest BCUT2D eigenvalue weighted by Crippen LogP contribution is -2.25. The molecule has 0 unspecified atom stereocenters. The highest BCUT2D eigenvalue weighted by Gasteiger charge is 2.16. The van der Waals surface area contributed by atoms with Crippen LogP contribution in [0.1, 0.15) is 31.4 Å². The van der Waals surface area contributed by atoms with Gasteiger partial charge in [-0.3, -0.25) is 0 Å². The molecule has 6 heteroatoms. The Bertz CT molecular complexity index is 802. The molecular weight excluding hydrogens is 341 g/mol. The summed E-state index contributed by atoms with van der Waals surface area (Å²) in [5.41, 5.74) is 1.52. The van der Waals surface area contributed by atoms with Crippen molar-refractivity contribution < 1.29 is 17.5 Å². The molecule has 0 radical (unpaired) electrons. The second kappa shape index (κ2) is 8.45. The van der Waals surface area contributed by atoms with Crippen LogP contribution >= 0.6 is 0 Å². The third kappa shape index (κ3) is 5.83. The van der Waals surface area contributed by atoms with E-state index in [4.69, 9.17) is 4.74 Å². The van der Waals surface area contributed by atoms with E-state index in [-0.39, 0.29) is 11.0 Å². The van der Waals surface area contributed by atoms with Crippen LogP contribution in [0, 0.1) is 12.7 Å². The van der Waals surface area contributed by atoms with Gasteiger partial charge in [-0.15, -0.1) is 0 Å². The van der Waals surface area contributed by atoms with Gasteiger partial charge in [-0.05, 0) is 75.1 Å². The van der Waals surface area contributed by atoms with Gasteiger partial charge in [0.1, 0.15) is 11.6 Å². The summed E-state index contributed by atoms with van der Waals surface area (Å²) in [6, 6.07) is 11.5. The molecule has 0 spiro atoms. The minimum Gasteiger partial charge on any atom is -0.491 e. The third-order valence-electron chi connectivity index (χ3n) is 3.66.